The molecule has 0 amide bonds. The molecular weight excluding hydrogens is 180 g/mol. The minimum atomic E-state index is 1.09. The van der Waals surface area contributed by atoms with Crippen molar-refractivity contribution in [1.82, 2.24) is 0 Å². The molecular formula is C15H26. The molecule has 0 heteroatoms. The van der Waals surface area contributed by atoms with E-state index in [2.05, 4.69) is 37.8 Å². The lowest BCUT2D eigenvalue weighted by Gasteiger charge is -1.93. The average Bonchev–Trinajstić information content (AvgIpc) is 2.26. The van der Waals surface area contributed by atoms with Gasteiger partial charge in [-0.1, -0.05) is 56.6 Å². The maximum Gasteiger partial charge on any atom is -0.0169 e. The first-order chi connectivity index (χ1) is 7.41. The van der Waals surface area contributed by atoms with Crippen LogP contribution in [0.1, 0.15) is 58.3 Å². The van der Waals surface area contributed by atoms with Crippen LogP contribution in [0.25, 0.3) is 0 Å². The highest BCUT2D eigenvalue weighted by Gasteiger charge is 1.83. The van der Waals surface area contributed by atoms with Crippen LogP contribution < -0.4 is 0 Å². The Balaban J connectivity index is 3.16. The Labute approximate surface area is 95.8 Å². The zero-order chi connectivity index (χ0) is 11.2. The van der Waals surface area contributed by atoms with Gasteiger partial charge in [0.1, 0.15) is 0 Å². The molecule has 0 aliphatic heterocycles. The van der Waals surface area contributed by atoms with Gasteiger partial charge in [0.25, 0.3) is 0 Å². The van der Waals surface area contributed by atoms with E-state index in [1.807, 2.05) is 6.08 Å². The van der Waals surface area contributed by atoms with Crippen LogP contribution in [0, 0.1) is 0 Å². The fraction of sp³-hybridized carbons (Fsp3) is 0.600. The van der Waals surface area contributed by atoms with E-state index in [1.54, 1.807) is 0 Å². The lowest BCUT2D eigenvalue weighted by molar-refractivity contribution is 0.674. The number of hydrogen-bond acceptors (Lipinski definition) is 0. The Hall–Kier alpha value is -0.780. The first kappa shape index (κ1) is 14.2. The summed E-state index contributed by atoms with van der Waals surface area (Å²) in [6.45, 7) is 5.95. The van der Waals surface area contributed by atoms with Gasteiger partial charge < -0.3 is 0 Å². The minimum Gasteiger partial charge on any atom is -0.103 e. The van der Waals surface area contributed by atoms with Crippen LogP contribution >= 0.6 is 0 Å². The highest BCUT2D eigenvalue weighted by molar-refractivity contribution is 4.93. The van der Waals surface area contributed by atoms with Crippen molar-refractivity contribution in [3.63, 3.8) is 0 Å². The van der Waals surface area contributed by atoms with E-state index in [4.69, 9.17) is 0 Å². The van der Waals surface area contributed by atoms with Gasteiger partial charge in [-0.05, 0) is 32.1 Å². The Morgan fingerprint density at radius 3 is 2.20 bits per heavy atom. The highest BCUT2D eigenvalue weighted by atomic mass is 13.9. The second-order valence-electron chi connectivity index (χ2n) is 3.89. The van der Waals surface area contributed by atoms with Gasteiger partial charge in [0, 0.05) is 0 Å². The predicted octanol–water partition coefficient (Wildman–Crippen LogP) is 5.43. The standard InChI is InChI=1S/C15H26/c1-3-5-7-9-11-13-15-14-12-10-8-6-4-2/h3,9,11,14-15H,1,4-8,10,12-13H2,2H3. The highest BCUT2D eigenvalue weighted by Crippen LogP contribution is 2.03. The van der Waals surface area contributed by atoms with E-state index in [0.717, 1.165) is 19.3 Å². The molecule has 0 atom stereocenters. The molecule has 0 aromatic rings. The molecule has 0 heterocycles. The molecule has 0 radical (unpaired) electrons. The van der Waals surface area contributed by atoms with Crippen molar-refractivity contribution < 1.29 is 0 Å². The topological polar surface area (TPSA) is 0 Å². The fourth-order valence-corrected chi connectivity index (χ4v) is 1.41. The molecule has 0 aliphatic carbocycles. The first-order valence-corrected chi connectivity index (χ1v) is 6.32. The largest absolute Gasteiger partial charge is 0.103 e. The molecule has 0 aromatic heterocycles. The van der Waals surface area contributed by atoms with Crippen molar-refractivity contribution in [3.8, 4) is 0 Å². The normalized spacial score (nSPS) is 11.5. The summed E-state index contributed by atoms with van der Waals surface area (Å²) in [6.07, 6.45) is 21.1. The third-order valence-corrected chi connectivity index (χ3v) is 2.37. The third-order valence-electron chi connectivity index (χ3n) is 2.37. The van der Waals surface area contributed by atoms with E-state index in [9.17, 15) is 0 Å². The molecule has 0 N–H and O–H groups in total. The quantitative estimate of drug-likeness (QED) is 0.330. The van der Waals surface area contributed by atoms with E-state index >= 15 is 0 Å². The summed E-state index contributed by atoms with van der Waals surface area (Å²) in [4.78, 5) is 0. The molecule has 0 fully saturated rings. The molecule has 0 nitrogen and oxygen atoms in total. The summed E-state index contributed by atoms with van der Waals surface area (Å²) in [7, 11) is 0. The van der Waals surface area contributed by atoms with Crippen molar-refractivity contribution in [3.05, 3.63) is 37.0 Å². The molecule has 0 unspecified atom stereocenters. The fourth-order valence-electron chi connectivity index (χ4n) is 1.41. The molecule has 0 saturated heterocycles. The monoisotopic (exact) mass is 206 g/mol. The van der Waals surface area contributed by atoms with Gasteiger partial charge in [-0.2, -0.15) is 0 Å². The summed E-state index contributed by atoms with van der Waals surface area (Å²) in [6, 6.07) is 0. The summed E-state index contributed by atoms with van der Waals surface area (Å²) in [5.74, 6) is 0. The maximum absolute atomic E-state index is 3.70. The van der Waals surface area contributed by atoms with Gasteiger partial charge in [-0.15, -0.1) is 6.58 Å². The predicted molar refractivity (Wildman–Crippen MR) is 71.1 cm³/mol. The zero-order valence-corrected chi connectivity index (χ0v) is 10.3. The second-order valence-corrected chi connectivity index (χ2v) is 3.89. The van der Waals surface area contributed by atoms with Crippen LogP contribution in [-0.2, 0) is 0 Å². The molecule has 86 valence electrons. The summed E-state index contributed by atoms with van der Waals surface area (Å²) >= 11 is 0. The minimum absolute atomic E-state index is 1.09. The van der Waals surface area contributed by atoms with Gasteiger partial charge in [-0.25, -0.2) is 0 Å². The van der Waals surface area contributed by atoms with Gasteiger partial charge in [-0.3, -0.25) is 0 Å². The molecule has 0 rings (SSSR count). The van der Waals surface area contributed by atoms with Crippen LogP contribution in [0.4, 0.5) is 0 Å². The van der Waals surface area contributed by atoms with Crippen LogP contribution in [-0.4, -0.2) is 0 Å². The summed E-state index contributed by atoms with van der Waals surface area (Å²) in [5, 5.41) is 0. The van der Waals surface area contributed by atoms with Crippen molar-refractivity contribution >= 4 is 0 Å². The lowest BCUT2D eigenvalue weighted by Crippen LogP contribution is -1.73. The van der Waals surface area contributed by atoms with Gasteiger partial charge in [0.2, 0.25) is 0 Å². The second kappa shape index (κ2) is 13.2. The van der Waals surface area contributed by atoms with E-state index in [-0.39, 0.29) is 0 Å². The van der Waals surface area contributed by atoms with E-state index in [0.29, 0.717) is 0 Å². The Bertz CT molecular complexity index is 174. The lowest BCUT2D eigenvalue weighted by atomic mass is 10.1. The molecule has 0 spiro atoms. The number of unbranched alkanes of at least 4 members (excludes halogenated alkanes) is 5. The molecule has 15 heavy (non-hydrogen) atoms. The van der Waals surface area contributed by atoms with Crippen LogP contribution in [0.5, 0.6) is 0 Å². The van der Waals surface area contributed by atoms with Gasteiger partial charge in [0.05, 0.1) is 0 Å². The molecule has 0 aliphatic rings. The van der Waals surface area contributed by atoms with Gasteiger partial charge in [0.15, 0.2) is 0 Å². The summed E-state index contributed by atoms with van der Waals surface area (Å²) < 4.78 is 0. The van der Waals surface area contributed by atoms with E-state index < -0.39 is 0 Å². The Morgan fingerprint density at radius 2 is 1.53 bits per heavy atom. The Kier molecular flexibility index (Phi) is 12.5. The molecule has 0 aromatic carbocycles. The number of rotatable bonds is 10. The molecule has 0 bridgehead atoms. The SMILES string of the molecule is C=CCCC=CCC=CCCCCCC. The third kappa shape index (κ3) is 13.2. The smallest absolute Gasteiger partial charge is 0.0169 e. The zero-order valence-electron chi connectivity index (χ0n) is 10.3. The van der Waals surface area contributed by atoms with Crippen molar-refractivity contribution in [2.75, 3.05) is 0 Å². The van der Waals surface area contributed by atoms with Crippen molar-refractivity contribution in [2.24, 2.45) is 0 Å². The Morgan fingerprint density at radius 1 is 0.800 bits per heavy atom. The van der Waals surface area contributed by atoms with Crippen molar-refractivity contribution in [1.29, 1.82) is 0 Å². The van der Waals surface area contributed by atoms with Crippen LogP contribution in [0.2, 0.25) is 0 Å². The summed E-state index contributed by atoms with van der Waals surface area (Å²) in [5.41, 5.74) is 0. The van der Waals surface area contributed by atoms with E-state index in [1.165, 1.54) is 32.1 Å². The number of allylic oxidation sites excluding steroid dienone is 5. The number of hydrogen-bond donors (Lipinski definition) is 0. The van der Waals surface area contributed by atoms with Crippen LogP contribution in [0.15, 0.2) is 37.0 Å². The average molecular weight is 206 g/mol. The molecule has 0 saturated carbocycles. The first-order valence-electron chi connectivity index (χ1n) is 6.32. The van der Waals surface area contributed by atoms with Gasteiger partial charge >= 0.3 is 0 Å². The van der Waals surface area contributed by atoms with Crippen LogP contribution in [0.3, 0.4) is 0 Å². The van der Waals surface area contributed by atoms with Crippen molar-refractivity contribution in [2.45, 2.75) is 58.3 Å². The maximum atomic E-state index is 3.70.